The number of carbonyl (C=O) groups excluding carboxylic acids is 1. The van der Waals surface area contributed by atoms with Crippen molar-refractivity contribution >= 4 is 5.97 Å². The molecule has 0 saturated heterocycles. The quantitative estimate of drug-likeness (QED) is 0.658. The number of rotatable bonds is 5. The van der Waals surface area contributed by atoms with Crippen molar-refractivity contribution in [2.24, 2.45) is 0 Å². The van der Waals surface area contributed by atoms with Crippen molar-refractivity contribution in [3.63, 3.8) is 0 Å². The maximum Gasteiger partial charge on any atom is 0.339 e. The Labute approximate surface area is 119 Å². The van der Waals surface area contributed by atoms with E-state index in [1.165, 1.54) is 0 Å². The molecule has 0 spiro atoms. The molecule has 2 aromatic rings. The fraction of sp³-hybridized carbons (Fsp3) is 0.353. The first-order valence-electron chi connectivity index (χ1n) is 7.24. The molecule has 1 aromatic carbocycles. The number of ether oxygens (including phenoxy) is 1. The van der Waals surface area contributed by atoms with Crippen LogP contribution in [0.2, 0.25) is 0 Å². The van der Waals surface area contributed by atoms with Crippen LogP contribution in [-0.2, 0) is 10.3 Å². The summed E-state index contributed by atoms with van der Waals surface area (Å²) in [6.07, 6.45) is 6.03. The zero-order chi connectivity index (χ0) is 14.0. The molecule has 0 fully saturated rings. The number of hydrogen-bond acceptors (Lipinski definition) is 2. The summed E-state index contributed by atoms with van der Waals surface area (Å²) in [5.74, 6) is -0.216. The monoisotopic (exact) mass is 269 g/mol. The second kappa shape index (κ2) is 5.16. The number of hydrogen-bond donors (Lipinski definition) is 1. The van der Waals surface area contributed by atoms with Crippen LogP contribution < -0.4 is 0 Å². The minimum Gasteiger partial charge on any atom is -0.444 e. The van der Waals surface area contributed by atoms with Gasteiger partial charge in [-0.15, -0.1) is 0 Å². The van der Waals surface area contributed by atoms with E-state index in [1.807, 2.05) is 42.6 Å². The number of aromatic amines is 1. The van der Waals surface area contributed by atoms with Crippen molar-refractivity contribution in [2.75, 3.05) is 0 Å². The lowest BCUT2D eigenvalue weighted by atomic mass is 9.84. The highest BCUT2D eigenvalue weighted by Crippen LogP contribution is 2.44. The fourth-order valence-corrected chi connectivity index (χ4v) is 3.01. The van der Waals surface area contributed by atoms with Gasteiger partial charge in [0.2, 0.25) is 0 Å². The Balaban J connectivity index is 2.06. The van der Waals surface area contributed by atoms with Gasteiger partial charge in [-0.05, 0) is 31.0 Å². The van der Waals surface area contributed by atoms with Gasteiger partial charge in [0.05, 0.1) is 11.3 Å². The highest BCUT2D eigenvalue weighted by Gasteiger charge is 2.46. The van der Waals surface area contributed by atoms with Gasteiger partial charge in [-0.1, -0.05) is 38.0 Å². The van der Waals surface area contributed by atoms with E-state index >= 15 is 0 Å². The number of aromatic nitrogens is 1. The summed E-state index contributed by atoms with van der Waals surface area (Å²) in [6.45, 7) is 2.18. The maximum absolute atomic E-state index is 12.2. The Morgan fingerprint density at radius 1 is 1.15 bits per heavy atom. The van der Waals surface area contributed by atoms with Crippen LogP contribution in [0.3, 0.4) is 0 Å². The Morgan fingerprint density at radius 2 is 2.00 bits per heavy atom. The van der Waals surface area contributed by atoms with Crippen molar-refractivity contribution in [3.8, 4) is 0 Å². The molecule has 3 nitrogen and oxygen atoms in total. The maximum atomic E-state index is 12.2. The molecular weight excluding hydrogens is 250 g/mol. The topological polar surface area (TPSA) is 42.1 Å². The van der Waals surface area contributed by atoms with Crippen molar-refractivity contribution in [1.29, 1.82) is 0 Å². The summed E-state index contributed by atoms with van der Waals surface area (Å²) in [7, 11) is 0. The van der Waals surface area contributed by atoms with E-state index < -0.39 is 5.60 Å². The van der Waals surface area contributed by atoms with Crippen molar-refractivity contribution in [3.05, 3.63) is 59.4 Å². The molecule has 1 atom stereocenters. The first-order valence-corrected chi connectivity index (χ1v) is 7.24. The van der Waals surface area contributed by atoms with Gasteiger partial charge in [0.1, 0.15) is 0 Å². The molecule has 0 amide bonds. The van der Waals surface area contributed by atoms with Gasteiger partial charge < -0.3 is 9.72 Å². The summed E-state index contributed by atoms with van der Waals surface area (Å²) in [5, 5.41) is 0. The van der Waals surface area contributed by atoms with E-state index in [0.29, 0.717) is 5.56 Å². The standard InChI is InChI=1S/C17H19NO2/c1-2-3-6-11-17(15-10-7-12-18-15)14-9-5-4-8-13(14)16(19)20-17/h4-5,7-10,12,18H,2-3,6,11H2,1H3. The fourth-order valence-electron chi connectivity index (χ4n) is 3.01. The smallest absolute Gasteiger partial charge is 0.339 e. The third-order valence-corrected chi connectivity index (χ3v) is 4.01. The Morgan fingerprint density at radius 3 is 2.75 bits per heavy atom. The first kappa shape index (κ1) is 13.0. The number of esters is 1. The number of unbranched alkanes of at least 4 members (excludes halogenated alkanes) is 2. The van der Waals surface area contributed by atoms with Crippen LogP contribution in [0.4, 0.5) is 0 Å². The second-order valence-electron chi connectivity index (χ2n) is 5.30. The molecular formula is C17H19NO2. The molecule has 3 rings (SSSR count). The molecule has 1 aliphatic rings. The van der Waals surface area contributed by atoms with Gasteiger partial charge in [0.15, 0.2) is 5.60 Å². The highest BCUT2D eigenvalue weighted by atomic mass is 16.6. The largest absolute Gasteiger partial charge is 0.444 e. The number of fused-ring (bicyclic) bond motifs is 1. The molecule has 2 heterocycles. The average Bonchev–Trinajstić information content (AvgIpc) is 3.08. The number of H-pyrrole nitrogens is 1. The van der Waals surface area contributed by atoms with Gasteiger partial charge in [0, 0.05) is 11.8 Å². The lowest BCUT2D eigenvalue weighted by Crippen LogP contribution is -2.28. The summed E-state index contributed by atoms with van der Waals surface area (Å²) in [5.41, 5.74) is 2.01. The van der Waals surface area contributed by atoms with Crippen molar-refractivity contribution in [2.45, 2.75) is 38.2 Å². The van der Waals surface area contributed by atoms with Crippen LogP contribution in [0.1, 0.15) is 54.2 Å². The van der Waals surface area contributed by atoms with E-state index in [9.17, 15) is 4.79 Å². The van der Waals surface area contributed by atoms with Crippen molar-refractivity contribution in [1.82, 2.24) is 4.98 Å². The normalized spacial score (nSPS) is 20.8. The van der Waals surface area contributed by atoms with Gasteiger partial charge in [-0.2, -0.15) is 0 Å². The molecule has 1 aromatic heterocycles. The molecule has 1 N–H and O–H groups in total. The number of nitrogens with one attached hydrogen (secondary N) is 1. The highest BCUT2D eigenvalue weighted by molar-refractivity contribution is 5.95. The third kappa shape index (κ3) is 1.94. The van der Waals surface area contributed by atoms with Crippen LogP contribution >= 0.6 is 0 Å². The molecule has 20 heavy (non-hydrogen) atoms. The molecule has 1 aliphatic heterocycles. The van der Waals surface area contributed by atoms with Crippen LogP contribution in [0.25, 0.3) is 0 Å². The van der Waals surface area contributed by atoms with E-state index in [0.717, 1.165) is 36.9 Å². The molecule has 0 radical (unpaired) electrons. The molecule has 0 aliphatic carbocycles. The molecule has 0 bridgehead atoms. The average molecular weight is 269 g/mol. The predicted octanol–water partition coefficient (Wildman–Crippen LogP) is 4.01. The molecule has 104 valence electrons. The zero-order valence-corrected chi connectivity index (χ0v) is 11.7. The summed E-state index contributed by atoms with van der Waals surface area (Å²) < 4.78 is 5.84. The van der Waals surface area contributed by atoms with Crippen molar-refractivity contribution < 1.29 is 9.53 Å². The SMILES string of the molecule is CCCCCC1(c2ccc[nH]2)OC(=O)c2ccccc21. The van der Waals surface area contributed by atoms with E-state index in [1.54, 1.807) is 0 Å². The first-order chi connectivity index (χ1) is 9.78. The Kier molecular flexibility index (Phi) is 3.35. The van der Waals surface area contributed by atoms with E-state index in [4.69, 9.17) is 4.74 Å². The molecule has 0 saturated carbocycles. The van der Waals surface area contributed by atoms with Crippen LogP contribution in [-0.4, -0.2) is 11.0 Å². The second-order valence-corrected chi connectivity index (χ2v) is 5.30. The minimum atomic E-state index is -0.633. The van der Waals surface area contributed by atoms with Gasteiger partial charge in [0.25, 0.3) is 0 Å². The number of benzene rings is 1. The lowest BCUT2D eigenvalue weighted by Gasteiger charge is -2.28. The molecule has 3 heteroatoms. The van der Waals surface area contributed by atoms with Gasteiger partial charge in [-0.3, -0.25) is 0 Å². The van der Waals surface area contributed by atoms with Crippen LogP contribution in [0.5, 0.6) is 0 Å². The number of cyclic esters (lactones) is 1. The zero-order valence-electron chi connectivity index (χ0n) is 11.7. The van der Waals surface area contributed by atoms with Crippen LogP contribution in [0.15, 0.2) is 42.6 Å². The summed E-state index contributed by atoms with van der Waals surface area (Å²) in [6, 6.07) is 11.7. The summed E-state index contributed by atoms with van der Waals surface area (Å²) >= 11 is 0. The van der Waals surface area contributed by atoms with Gasteiger partial charge in [-0.25, -0.2) is 4.79 Å². The summed E-state index contributed by atoms with van der Waals surface area (Å²) in [4.78, 5) is 15.4. The molecule has 1 unspecified atom stereocenters. The Bertz CT molecular complexity index is 603. The predicted molar refractivity (Wildman–Crippen MR) is 77.6 cm³/mol. The van der Waals surface area contributed by atoms with E-state index in [2.05, 4.69) is 11.9 Å². The minimum absolute atomic E-state index is 0.216. The van der Waals surface area contributed by atoms with Crippen LogP contribution in [0, 0.1) is 0 Å². The third-order valence-electron chi connectivity index (χ3n) is 4.01. The van der Waals surface area contributed by atoms with E-state index in [-0.39, 0.29) is 5.97 Å². The number of carbonyl (C=O) groups is 1. The Hall–Kier alpha value is -2.03. The van der Waals surface area contributed by atoms with Gasteiger partial charge >= 0.3 is 5.97 Å². The lowest BCUT2D eigenvalue weighted by molar-refractivity contribution is 0.00463.